The average molecular weight is 458 g/mol. The van der Waals surface area contributed by atoms with E-state index in [0.29, 0.717) is 30.2 Å². The van der Waals surface area contributed by atoms with Gasteiger partial charge in [0, 0.05) is 31.2 Å². The molecular formula is C26H27N5O3. The molecule has 1 atom stereocenters. The van der Waals surface area contributed by atoms with Crippen LogP contribution in [0.4, 0.5) is 4.79 Å². The van der Waals surface area contributed by atoms with Crippen molar-refractivity contribution in [1.82, 2.24) is 25.2 Å². The third-order valence-corrected chi connectivity index (χ3v) is 6.57. The highest BCUT2D eigenvalue weighted by molar-refractivity contribution is 5.98. The summed E-state index contributed by atoms with van der Waals surface area (Å²) < 4.78 is 5.35. The number of hydrogen-bond acceptors (Lipinski definition) is 6. The van der Waals surface area contributed by atoms with Crippen LogP contribution in [0.1, 0.15) is 41.0 Å². The average Bonchev–Trinajstić information content (AvgIpc) is 3.53. The number of amides is 2. The summed E-state index contributed by atoms with van der Waals surface area (Å²) in [6.07, 6.45) is 5.88. The van der Waals surface area contributed by atoms with Gasteiger partial charge in [-0.15, -0.1) is 0 Å². The van der Waals surface area contributed by atoms with E-state index in [0.717, 1.165) is 30.5 Å². The molecule has 5 rings (SSSR count). The first-order valence-electron chi connectivity index (χ1n) is 11.5. The summed E-state index contributed by atoms with van der Waals surface area (Å²) in [4.78, 5) is 41.1. The van der Waals surface area contributed by atoms with Crippen LogP contribution in [0.3, 0.4) is 0 Å². The Labute approximate surface area is 198 Å². The molecule has 1 saturated heterocycles. The van der Waals surface area contributed by atoms with Crippen molar-refractivity contribution in [2.45, 2.75) is 38.8 Å². The molecule has 8 nitrogen and oxygen atoms in total. The van der Waals surface area contributed by atoms with Crippen LogP contribution in [-0.2, 0) is 11.3 Å². The number of carbonyl (C=O) groups excluding carboxylic acids is 2. The van der Waals surface area contributed by atoms with Gasteiger partial charge in [0.2, 0.25) is 0 Å². The normalized spacial score (nSPS) is 18.0. The fourth-order valence-corrected chi connectivity index (χ4v) is 4.57. The second kappa shape index (κ2) is 9.21. The molecule has 3 aromatic rings. The van der Waals surface area contributed by atoms with Gasteiger partial charge in [0.05, 0.1) is 11.6 Å². The molecule has 1 aliphatic heterocycles. The fourth-order valence-electron chi connectivity index (χ4n) is 4.57. The number of pyridine rings is 1. The zero-order valence-electron chi connectivity index (χ0n) is 19.1. The monoisotopic (exact) mass is 457 g/mol. The SMILES string of the molecule is Cc1ccc(-c2ncccn2)c(C(=O)N2CC3(CC3)CC2CNC(=O)OCc2ccccc2)n1. The molecule has 2 aliphatic rings. The Kier molecular flexibility index (Phi) is 5.96. The Hall–Kier alpha value is -3.81. The number of alkyl carbamates (subject to hydrolysis) is 1. The largest absolute Gasteiger partial charge is 0.445 e. The van der Waals surface area contributed by atoms with Gasteiger partial charge in [-0.3, -0.25) is 4.79 Å². The van der Waals surface area contributed by atoms with E-state index >= 15 is 0 Å². The molecule has 1 spiro atoms. The zero-order valence-corrected chi connectivity index (χ0v) is 19.1. The van der Waals surface area contributed by atoms with Crippen molar-refractivity contribution >= 4 is 12.0 Å². The maximum absolute atomic E-state index is 13.7. The first kappa shape index (κ1) is 22.0. The van der Waals surface area contributed by atoms with Crippen molar-refractivity contribution in [2.24, 2.45) is 5.41 Å². The molecule has 174 valence electrons. The molecule has 0 bridgehead atoms. The fraction of sp³-hybridized carbons (Fsp3) is 0.346. The topological polar surface area (TPSA) is 97.3 Å². The van der Waals surface area contributed by atoms with Crippen molar-refractivity contribution in [3.8, 4) is 11.4 Å². The maximum atomic E-state index is 13.7. The number of hydrogen-bond donors (Lipinski definition) is 1. The second-order valence-electron chi connectivity index (χ2n) is 9.15. The Balaban J connectivity index is 1.30. The number of nitrogens with zero attached hydrogens (tertiary/aromatic N) is 4. The Bertz CT molecular complexity index is 1180. The lowest BCUT2D eigenvalue weighted by Gasteiger charge is -2.25. The summed E-state index contributed by atoms with van der Waals surface area (Å²) in [7, 11) is 0. The number of likely N-dealkylation sites (tertiary alicyclic amines) is 1. The lowest BCUT2D eigenvalue weighted by molar-refractivity contribution is 0.0719. The molecule has 1 aromatic carbocycles. The highest BCUT2D eigenvalue weighted by Crippen LogP contribution is 2.55. The summed E-state index contributed by atoms with van der Waals surface area (Å²) in [5.41, 5.74) is 2.79. The van der Waals surface area contributed by atoms with Gasteiger partial charge in [-0.05, 0) is 55.4 Å². The van der Waals surface area contributed by atoms with Gasteiger partial charge < -0.3 is 15.0 Å². The van der Waals surface area contributed by atoms with Gasteiger partial charge in [0.15, 0.2) is 5.82 Å². The van der Waals surface area contributed by atoms with Gasteiger partial charge >= 0.3 is 6.09 Å². The first-order valence-corrected chi connectivity index (χ1v) is 11.5. The number of nitrogens with one attached hydrogen (secondary N) is 1. The van der Waals surface area contributed by atoms with Gasteiger partial charge in [0.1, 0.15) is 12.3 Å². The van der Waals surface area contributed by atoms with Crippen LogP contribution < -0.4 is 5.32 Å². The predicted octanol–water partition coefficient (Wildman–Crippen LogP) is 3.77. The number of aryl methyl sites for hydroxylation is 1. The van der Waals surface area contributed by atoms with Crippen LogP contribution in [0.2, 0.25) is 0 Å². The third-order valence-electron chi connectivity index (χ3n) is 6.57. The molecule has 3 heterocycles. The summed E-state index contributed by atoms with van der Waals surface area (Å²) >= 11 is 0. The maximum Gasteiger partial charge on any atom is 0.407 e. The van der Waals surface area contributed by atoms with Crippen LogP contribution in [0.5, 0.6) is 0 Å². The van der Waals surface area contributed by atoms with E-state index in [1.54, 1.807) is 18.5 Å². The molecule has 1 N–H and O–H groups in total. The van der Waals surface area contributed by atoms with Gasteiger partial charge in [-0.2, -0.15) is 0 Å². The van der Waals surface area contributed by atoms with E-state index in [1.807, 2.05) is 54.3 Å². The number of benzene rings is 1. The summed E-state index contributed by atoms with van der Waals surface area (Å²) in [6, 6.07) is 14.9. The summed E-state index contributed by atoms with van der Waals surface area (Å²) in [5.74, 6) is 0.317. The van der Waals surface area contributed by atoms with Crippen molar-refractivity contribution in [3.63, 3.8) is 0 Å². The van der Waals surface area contributed by atoms with Crippen LogP contribution in [0.15, 0.2) is 60.9 Å². The quantitative estimate of drug-likeness (QED) is 0.605. The summed E-state index contributed by atoms with van der Waals surface area (Å²) in [5, 5.41) is 2.85. The van der Waals surface area contributed by atoms with Gasteiger partial charge in [-0.1, -0.05) is 30.3 Å². The van der Waals surface area contributed by atoms with Gasteiger partial charge in [0.25, 0.3) is 5.91 Å². The van der Waals surface area contributed by atoms with E-state index in [9.17, 15) is 9.59 Å². The van der Waals surface area contributed by atoms with Crippen molar-refractivity contribution in [3.05, 3.63) is 77.9 Å². The van der Waals surface area contributed by atoms with E-state index in [4.69, 9.17) is 4.74 Å². The van der Waals surface area contributed by atoms with E-state index in [2.05, 4.69) is 20.3 Å². The molecular weight excluding hydrogens is 430 g/mol. The highest BCUT2D eigenvalue weighted by Gasteiger charge is 2.53. The Morgan fingerprint density at radius 1 is 1.09 bits per heavy atom. The van der Waals surface area contributed by atoms with E-state index < -0.39 is 6.09 Å². The van der Waals surface area contributed by atoms with Crippen molar-refractivity contribution in [1.29, 1.82) is 0 Å². The first-order chi connectivity index (χ1) is 16.5. The number of rotatable bonds is 6. The van der Waals surface area contributed by atoms with Crippen LogP contribution in [0.25, 0.3) is 11.4 Å². The minimum Gasteiger partial charge on any atom is -0.445 e. The second-order valence-corrected chi connectivity index (χ2v) is 9.15. The molecule has 34 heavy (non-hydrogen) atoms. The molecule has 2 fully saturated rings. The van der Waals surface area contributed by atoms with Crippen LogP contribution in [-0.4, -0.2) is 51.0 Å². The lowest BCUT2D eigenvalue weighted by atomic mass is 10.0. The smallest absolute Gasteiger partial charge is 0.407 e. The van der Waals surface area contributed by atoms with Crippen LogP contribution in [0, 0.1) is 12.3 Å². The van der Waals surface area contributed by atoms with Crippen molar-refractivity contribution in [2.75, 3.05) is 13.1 Å². The summed E-state index contributed by atoms with van der Waals surface area (Å²) in [6.45, 7) is 3.07. The predicted molar refractivity (Wildman–Crippen MR) is 126 cm³/mol. The highest BCUT2D eigenvalue weighted by atomic mass is 16.5. The van der Waals surface area contributed by atoms with E-state index in [1.165, 1.54) is 0 Å². The van der Waals surface area contributed by atoms with Crippen molar-refractivity contribution < 1.29 is 14.3 Å². The minimum atomic E-state index is -0.486. The molecule has 2 aromatic heterocycles. The molecule has 0 radical (unpaired) electrons. The number of aromatic nitrogens is 3. The Morgan fingerprint density at radius 3 is 2.59 bits per heavy atom. The Morgan fingerprint density at radius 2 is 1.85 bits per heavy atom. The molecule has 8 heteroatoms. The lowest BCUT2D eigenvalue weighted by Crippen LogP contribution is -2.43. The molecule has 1 unspecified atom stereocenters. The molecule has 1 saturated carbocycles. The molecule has 1 aliphatic carbocycles. The zero-order chi connectivity index (χ0) is 23.5. The standard InChI is InChI=1S/C26H27N5O3/c1-18-8-9-21(23-27-12-5-13-28-23)22(30-18)24(32)31-17-26(10-11-26)14-20(31)15-29-25(33)34-16-19-6-3-2-4-7-19/h2-9,12-13,20H,10-11,14-17H2,1H3,(H,29,33). The molecule has 2 amide bonds. The minimum absolute atomic E-state index is 0.119. The third kappa shape index (κ3) is 4.76. The number of carbonyl (C=O) groups is 2. The van der Waals surface area contributed by atoms with Gasteiger partial charge in [-0.25, -0.2) is 19.7 Å². The van der Waals surface area contributed by atoms with Crippen LogP contribution >= 0.6 is 0 Å². The number of ether oxygens (including phenoxy) is 1. The van der Waals surface area contributed by atoms with E-state index in [-0.39, 0.29) is 24.0 Å².